The van der Waals surface area contributed by atoms with E-state index >= 15 is 0 Å². The minimum absolute atomic E-state index is 0.281. The number of sulfonamides is 1. The van der Waals surface area contributed by atoms with Crippen molar-refractivity contribution in [2.24, 2.45) is 0 Å². The highest BCUT2D eigenvalue weighted by Gasteiger charge is 2.19. The summed E-state index contributed by atoms with van der Waals surface area (Å²) in [6, 6.07) is 15.3. The third kappa shape index (κ3) is 3.25. The normalized spacial score (nSPS) is 14.2. The molecule has 25 heavy (non-hydrogen) atoms. The third-order valence-electron chi connectivity index (χ3n) is 4.17. The number of hydrogen-bond acceptors (Lipinski definition) is 5. The first-order chi connectivity index (χ1) is 12.1. The van der Waals surface area contributed by atoms with Gasteiger partial charge in [0, 0.05) is 12.2 Å². The van der Waals surface area contributed by atoms with Gasteiger partial charge >= 0.3 is 0 Å². The number of thiophene rings is 1. The molecule has 0 atom stereocenters. The van der Waals surface area contributed by atoms with Gasteiger partial charge in [-0.1, -0.05) is 24.3 Å². The van der Waals surface area contributed by atoms with E-state index in [0.717, 1.165) is 25.1 Å². The van der Waals surface area contributed by atoms with E-state index < -0.39 is 10.0 Å². The lowest BCUT2D eigenvalue weighted by Gasteiger charge is -2.31. The first kappa shape index (κ1) is 16.1. The predicted octanol–water partition coefficient (Wildman–Crippen LogP) is 4.03. The Balaban J connectivity index is 1.57. The van der Waals surface area contributed by atoms with Crippen LogP contribution < -0.4 is 9.62 Å². The summed E-state index contributed by atoms with van der Waals surface area (Å²) in [4.78, 5) is 6.52. The Morgan fingerprint density at radius 1 is 1.08 bits per heavy atom. The molecule has 0 bridgehead atoms. The number of aromatic nitrogens is 1. The Labute approximate surface area is 151 Å². The number of benzene rings is 1. The molecule has 3 heterocycles. The van der Waals surface area contributed by atoms with Crippen molar-refractivity contribution in [1.29, 1.82) is 0 Å². The molecule has 0 saturated heterocycles. The molecule has 4 rings (SSSR count). The second-order valence-electron chi connectivity index (χ2n) is 5.82. The van der Waals surface area contributed by atoms with Gasteiger partial charge in [0.05, 0.1) is 11.9 Å². The molecule has 1 aliphatic heterocycles. The summed E-state index contributed by atoms with van der Waals surface area (Å²) >= 11 is 1.18. The van der Waals surface area contributed by atoms with Crippen molar-refractivity contribution in [2.75, 3.05) is 16.2 Å². The molecule has 2 aromatic heterocycles. The quantitative estimate of drug-likeness (QED) is 0.752. The van der Waals surface area contributed by atoms with Crippen molar-refractivity contribution < 1.29 is 8.42 Å². The summed E-state index contributed by atoms with van der Waals surface area (Å²) in [5.74, 6) is 0.322. The fourth-order valence-electron chi connectivity index (χ4n) is 3.01. The van der Waals surface area contributed by atoms with Crippen molar-refractivity contribution in [3.05, 3.63) is 65.7 Å². The molecule has 0 saturated carbocycles. The van der Waals surface area contributed by atoms with Gasteiger partial charge in [0.1, 0.15) is 10.0 Å². The summed E-state index contributed by atoms with van der Waals surface area (Å²) in [5.41, 5.74) is 3.49. The summed E-state index contributed by atoms with van der Waals surface area (Å²) in [5, 5.41) is 1.74. The van der Waals surface area contributed by atoms with Crippen molar-refractivity contribution >= 4 is 38.6 Å². The van der Waals surface area contributed by atoms with Gasteiger partial charge < -0.3 is 4.90 Å². The van der Waals surface area contributed by atoms with E-state index in [2.05, 4.69) is 32.8 Å². The molecule has 0 fully saturated rings. The number of para-hydroxylation sites is 1. The van der Waals surface area contributed by atoms with Gasteiger partial charge in [-0.25, -0.2) is 13.4 Å². The van der Waals surface area contributed by atoms with Gasteiger partial charge in [-0.15, -0.1) is 11.3 Å². The van der Waals surface area contributed by atoms with Crippen LogP contribution in [0.2, 0.25) is 0 Å². The molecule has 7 heteroatoms. The van der Waals surface area contributed by atoms with Crippen LogP contribution in [0.15, 0.2) is 64.3 Å². The average molecular weight is 371 g/mol. The standard InChI is InChI=1S/C18H17N3O2S2/c22-25(23,18-8-4-12-24-18)20-17-10-9-15(13-19-17)21-11-3-6-14-5-1-2-7-16(14)21/h1-2,4-5,7-10,12-13H,3,6,11H2,(H,19,20). The molecule has 0 spiro atoms. The lowest BCUT2D eigenvalue weighted by atomic mass is 10.0. The van der Waals surface area contributed by atoms with Crippen LogP contribution in [0, 0.1) is 0 Å². The number of rotatable bonds is 4. The maximum absolute atomic E-state index is 12.3. The summed E-state index contributed by atoms with van der Waals surface area (Å²) < 4.78 is 27.3. The number of anilines is 3. The van der Waals surface area contributed by atoms with E-state index in [1.165, 1.54) is 22.6 Å². The molecule has 1 N–H and O–H groups in total. The molecule has 0 radical (unpaired) electrons. The third-order valence-corrected chi connectivity index (χ3v) is 6.92. The fourth-order valence-corrected chi connectivity index (χ4v) is 5.01. The summed E-state index contributed by atoms with van der Waals surface area (Å²) in [7, 11) is -3.56. The Morgan fingerprint density at radius 3 is 2.72 bits per heavy atom. The highest BCUT2D eigenvalue weighted by Crippen LogP contribution is 2.33. The van der Waals surface area contributed by atoms with E-state index in [1.807, 2.05) is 12.1 Å². The molecular weight excluding hydrogens is 354 g/mol. The van der Waals surface area contributed by atoms with Crippen molar-refractivity contribution in [2.45, 2.75) is 17.1 Å². The largest absolute Gasteiger partial charge is 0.340 e. The lowest BCUT2D eigenvalue weighted by molar-refractivity contribution is 0.603. The lowest BCUT2D eigenvalue weighted by Crippen LogP contribution is -2.24. The Morgan fingerprint density at radius 2 is 1.96 bits per heavy atom. The molecule has 128 valence electrons. The molecule has 0 amide bonds. The highest BCUT2D eigenvalue weighted by molar-refractivity contribution is 7.94. The number of nitrogens with one attached hydrogen (secondary N) is 1. The average Bonchev–Trinajstić information content (AvgIpc) is 3.17. The van der Waals surface area contributed by atoms with E-state index in [9.17, 15) is 8.42 Å². The number of nitrogens with zero attached hydrogens (tertiary/aromatic N) is 2. The van der Waals surface area contributed by atoms with E-state index in [1.54, 1.807) is 29.8 Å². The fraction of sp³-hybridized carbons (Fsp3) is 0.167. The Kier molecular flexibility index (Phi) is 4.19. The van der Waals surface area contributed by atoms with E-state index in [4.69, 9.17) is 0 Å². The van der Waals surface area contributed by atoms with Crippen LogP contribution in [-0.4, -0.2) is 19.9 Å². The molecule has 1 aliphatic rings. The second-order valence-corrected chi connectivity index (χ2v) is 8.68. The molecule has 3 aromatic rings. The summed E-state index contributed by atoms with van der Waals surface area (Å²) in [6.07, 6.45) is 3.89. The van der Waals surface area contributed by atoms with Gasteiger partial charge in [-0.05, 0) is 48.1 Å². The zero-order chi connectivity index (χ0) is 17.3. The van der Waals surface area contributed by atoms with Gasteiger partial charge in [-0.2, -0.15) is 0 Å². The monoisotopic (exact) mass is 371 g/mol. The van der Waals surface area contributed by atoms with Gasteiger partial charge in [0.25, 0.3) is 10.0 Å². The smallest absolute Gasteiger partial charge is 0.272 e. The van der Waals surface area contributed by atoms with Gasteiger partial charge in [0.15, 0.2) is 0 Å². The second kappa shape index (κ2) is 6.50. The molecule has 0 unspecified atom stereocenters. The summed E-state index contributed by atoms with van der Waals surface area (Å²) in [6.45, 7) is 0.930. The van der Waals surface area contributed by atoms with Crippen LogP contribution in [0.5, 0.6) is 0 Å². The van der Waals surface area contributed by atoms with Crippen LogP contribution in [0.3, 0.4) is 0 Å². The van der Waals surface area contributed by atoms with Crippen LogP contribution in [0.4, 0.5) is 17.2 Å². The Bertz CT molecular complexity index is 968. The van der Waals surface area contributed by atoms with E-state index in [0.29, 0.717) is 5.82 Å². The van der Waals surface area contributed by atoms with Crippen LogP contribution in [0.1, 0.15) is 12.0 Å². The number of fused-ring (bicyclic) bond motifs is 1. The van der Waals surface area contributed by atoms with E-state index in [-0.39, 0.29) is 4.21 Å². The van der Waals surface area contributed by atoms with Crippen LogP contribution in [-0.2, 0) is 16.4 Å². The van der Waals surface area contributed by atoms with Gasteiger partial charge in [0.2, 0.25) is 0 Å². The zero-order valence-electron chi connectivity index (χ0n) is 13.4. The topological polar surface area (TPSA) is 62.3 Å². The minimum Gasteiger partial charge on any atom is -0.340 e. The zero-order valence-corrected chi connectivity index (χ0v) is 15.1. The van der Waals surface area contributed by atoms with Gasteiger partial charge in [-0.3, -0.25) is 4.72 Å². The van der Waals surface area contributed by atoms with Crippen LogP contribution in [0.25, 0.3) is 0 Å². The van der Waals surface area contributed by atoms with Crippen molar-refractivity contribution in [3.63, 3.8) is 0 Å². The van der Waals surface area contributed by atoms with Crippen LogP contribution >= 0.6 is 11.3 Å². The molecule has 0 aliphatic carbocycles. The molecule has 1 aromatic carbocycles. The predicted molar refractivity (Wildman–Crippen MR) is 101 cm³/mol. The van der Waals surface area contributed by atoms with Crippen molar-refractivity contribution in [3.8, 4) is 0 Å². The highest BCUT2D eigenvalue weighted by atomic mass is 32.2. The number of hydrogen-bond donors (Lipinski definition) is 1. The minimum atomic E-state index is -3.56. The first-order valence-electron chi connectivity index (χ1n) is 8.01. The molecular formula is C18H17N3O2S2. The first-order valence-corrected chi connectivity index (χ1v) is 10.4. The number of pyridine rings is 1. The van der Waals surface area contributed by atoms with Crippen molar-refractivity contribution in [1.82, 2.24) is 4.98 Å². The molecule has 5 nitrogen and oxygen atoms in total. The SMILES string of the molecule is O=S(=O)(Nc1ccc(N2CCCc3ccccc32)cn1)c1cccs1. The Hall–Kier alpha value is -2.38. The maximum atomic E-state index is 12.3. The number of aryl methyl sites for hydroxylation is 1. The maximum Gasteiger partial charge on any atom is 0.272 e.